The highest BCUT2D eigenvalue weighted by Gasteiger charge is 2.16. The van der Waals surface area contributed by atoms with Gasteiger partial charge in [-0.2, -0.15) is 0 Å². The molecular weight excluding hydrogens is 199 g/mol. The molecule has 0 saturated carbocycles. The maximum absolute atomic E-state index is 11.2. The van der Waals surface area contributed by atoms with E-state index in [-0.39, 0.29) is 0 Å². The third-order valence-corrected chi connectivity index (χ3v) is 3.67. The molecule has 3 nitrogen and oxygen atoms in total. The van der Waals surface area contributed by atoms with Crippen LogP contribution < -0.4 is 0 Å². The normalized spacial score (nSPS) is 15.4. The van der Waals surface area contributed by atoms with Crippen molar-refractivity contribution in [3.05, 3.63) is 0 Å². The highest BCUT2D eigenvalue weighted by Crippen LogP contribution is 2.42. The lowest BCUT2D eigenvalue weighted by Crippen LogP contribution is -1.94. The Bertz CT molecular complexity index is 171. The molecule has 86 valence electrons. The van der Waals surface area contributed by atoms with Crippen molar-refractivity contribution in [2.45, 2.75) is 52.4 Å². The van der Waals surface area contributed by atoms with Gasteiger partial charge in [0.15, 0.2) is 0 Å². The van der Waals surface area contributed by atoms with Crippen LogP contribution in [0.1, 0.15) is 52.4 Å². The van der Waals surface area contributed by atoms with Crippen molar-refractivity contribution in [2.75, 3.05) is 12.8 Å². The molecule has 0 heterocycles. The third-order valence-electron chi connectivity index (χ3n) is 2.13. The van der Waals surface area contributed by atoms with E-state index in [0.717, 1.165) is 12.8 Å². The number of hydrogen-bond acceptors (Lipinski definition) is 2. The molecule has 0 radical (unpaired) electrons. The van der Waals surface area contributed by atoms with Gasteiger partial charge in [-0.25, -0.2) is 0 Å². The fourth-order valence-electron chi connectivity index (χ4n) is 1.36. The van der Waals surface area contributed by atoms with Crippen molar-refractivity contribution in [1.82, 2.24) is 0 Å². The van der Waals surface area contributed by atoms with E-state index in [2.05, 4.69) is 6.92 Å². The highest BCUT2D eigenvalue weighted by molar-refractivity contribution is 7.52. The highest BCUT2D eigenvalue weighted by atomic mass is 31.2. The molecule has 0 saturated heterocycles. The zero-order valence-electron chi connectivity index (χ0n) is 9.37. The quantitative estimate of drug-likeness (QED) is 0.479. The van der Waals surface area contributed by atoms with Crippen LogP contribution in [0.3, 0.4) is 0 Å². The third kappa shape index (κ3) is 8.74. The van der Waals surface area contributed by atoms with E-state index in [0.29, 0.717) is 12.8 Å². The zero-order valence-corrected chi connectivity index (χ0v) is 10.3. The van der Waals surface area contributed by atoms with Gasteiger partial charge in [0.25, 0.3) is 0 Å². The lowest BCUT2D eigenvalue weighted by Gasteiger charge is -2.09. The van der Waals surface area contributed by atoms with E-state index in [1.165, 1.54) is 25.7 Å². The van der Waals surface area contributed by atoms with Crippen molar-refractivity contribution in [3.63, 3.8) is 0 Å². The first kappa shape index (κ1) is 14.2. The maximum atomic E-state index is 11.2. The Balaban J connectivity index is 3.30. The van der Waals surface area contributed by atoms with Gasteiger partial charge in [-0.3, -0.25) is 4.57 Å². The van der Waals surface area contributed by atoms with Crippen LogP contribution in [0.5, 0.6) is 0 Å². The van der Waals surface area contributed by atoms with Gasteiger partial charge in [0.05, 0.1) is 6.61 Å². The molecule has 0 rings (SSSR count). The van der Waals surface area contributed by atoms with Gasteiger partial charge in [0.2, 0.25) is 0 Å². The first-order chi connectivity index (χ1) is 6.62. The predicted octanol–water partition coefficient (Wildman–Crippen LogP) is 3.57. The van der Waals surface area contributed by atoms with E-state index < -0.39 is 7.60 Å². The van der Waals surface area contributed by atoms with Crippen LogP contribution >= 0.6 is 7.60 Å². The number of rotatable bonds is 9. The second-order valence-corrected chi connectivity index (χ2v) is 5.53. The summed E-state index contributed by atoms with van der Waals surface area (Å²) in [5.74, 6) is 0. The van der Waals surface area contributed by atoms with Gasteiger partial charge in [-0.15, -0.1) is 0 Å². The molecule has 1 N–H and O–H groups in total. The fraction of sp³-hybridized carbons (Fsp3) is 1.00. The van der Waals surface area contributed by atoms with E-state index in [1.54, 1.807) is 6.92 Å². The fourth-order valence-corrected chi connectivity index (χ4v) is 2.51. The summed E-state index contributed by atoms with van der Waals surface area (Å²) in [4.78, 5) is 9.25. The minimum absolute atomic E-state index is 0.312. The van der Waals surface area contributed by atoms with Gasteiger partial charge < -0.3 is 9.42 Å². The maximum Gasteiger partial charge on any atom is 0.328 e. The summed E-state index contributed by atoms with van der Waals surface area (Å²) >= 11 is 0. The Labute approximate surface area is 87.4 Å². The summed E-state index contributed by atoms with van der Waals surface area (Å²) in [6.07, 6.45) is 7.06. The van der Waals surface area contributed by atoms with E-state index >= 15 is 0 Å². The van der Waals surface area contributed by atoms with Crippen LogP contribution in [0.2, 0.25) is 0 Å². The summed E-state index contributed by atoms with van der Waals surface area (Å²) < 4.78 is 16.0. The number of hydrogen-bond donors (Lipinski definition) is 1. The lowest BCUT2D eigenvalue weighted by molar-refractivity contribution is 0.272. The van der Waals surface area contributed by atoms with Crippen LogP contribution in [-0.2, 0) is 9.09 Å². The first-order valence-corrected chi connectivity index (χ1v) is 7.35. The molecule has 0 aromatic rings. The Hall–Kier alpha value is 0.150. The Morgan fingerprint density at radius 1 is 1.07 bits per heavy atom. The lowest BCUT2D eigenvalue weighted by atomic mass is 10.1. The van der Waals surface area contributed by atoms with Crippen molar-refractivity contribution in [2.24, 2.45) is 0 Å². The second-order valence-electron chi connectivity index (χ2n) is 3.55. The first-order valence-electron chi connectivity index (χ1n) is 5.58. The SMILES string of the molecule is CCCCCCCCP(=O)(O)OCC. The molecule has 0 fully saturated rings. The summed E-state index contributed by atoms with van der Waals surface area (Å²) in [7, 11) is -3.25. The predicted molar refractivity (Wildman–Crippen MR) is 59.7 cm³/mol. The molecular formula is C10H23O3P. The molecule has 0 aliphatic carbocycles. The minimum atomic E-state index is -3.25. The summed E-state index contributed by atoms with van der Waals surface area (Å²) in [6, 6.07) is 0. The van der Waals surface area contributed by atoms with E-state index in [1.807, 2.05) is 0 Å². The molecule has 0 aromatic carbocycles. The van der Waals surface area contributed by atoms with Crippen LogP contribution in [-0.4, -0.2) is 17.7 Å². The summed E-state index contributed by atoms with van der Waals surface area (Å²) in [5, 5.41) is 0. The molecule has 4 heteroatoms. The number of unbranched alkanes of at least 4 members (excludes halogenated alkanes) is 5. The Morgan fingerprint density at radius 2 is 1.64 bits per heavy atom. The van der Waals surface area contributed by atoms with Crippen molar-refractivity contribution >= 4 is 7.60 Å². The van der Waals surface area contributed by atoms with Crippen LogP contribution in [0.4, 0.5) is 0 Å². The van der Waals surface area contributed by atoms with Gasteiger partial charge in [0.1, 0.15) is 0 Å². The Kier molecular flexibility index (Phi) is 8.55. The summed E-state index contributed by atoms with van der Waals surface area (Å²) in [5.41, 5.74) is 0. The van der Waals surface area contributed by atoms with Crippen molar-refractivity contribution in [3.8, 4) is 0 Å². The van der Waals surface area contributed by atoms with Gasteiger partial charge >= 0.3 is 7.60 Å². The van der Waals surface area contributed by atoms with Crippen LogP contribution in [0.15, 0.2) is 0 Å². The topological polar surface area (TPSA) is 46.5 Å². The standard InChI is InChI=1S/C10H23O3P/c1-3-5-6-7-8-9-10-14(11,12)13-4-2/h3-10H2,1-2H3,(H,11,12). The summed E-state index contributed by atoms with van der Waals surface area (Å²) in [6.45, 7) is 4.24. The Morgan fingerprint density at radius 3 is 2.21 bits per heavy atom. The van der Waals surface area contributed by atoms with E-state index in [9.17, 15) is 9.46 Å². The largest absolute Gasteiger partial charge is 0.328 e. The van der Waals surface area contributed by atoms with Crippen molar-refractivity contribution in [1.29, 1.82) is 0 Å². The molecule has 0 aromatic heterocycles. The molecule has 0 aliphatic heterocycles. The van der Waals surface area contributed by atoms with Gasteiger partial charge in [-0.1, -0.05) is 39.0 Å². The molecule has 0 spiro atoms. The van der Waals surface area contributed by atoms with Crippen LogP contribution in [0, 0.1) is 0 Å². The van der Waals surface area contributed by atoms with Crippen molar-refractivity contribution < 1.29 is 14.0 Å². The molecule has 1 atom stereocenters. The van der Waals surface area contributed by atoms with E-state index in [4.69, 9.17) is 4.52 Å². The average molecular weight is 222 g/mol. The molecule has 0 bridgehead atoms. The molecule has 0 amide bonds. The van der Waals surface area contributed by atoms with Gasteiger partial charge in [0, 0.05) is 6.16 Å². The molecule has 1 unspecified atom stereocenters. The monoisotopic (exact) mass is 222 g/mol. The zero-order chi connectivity index (χ0) is 10.9. The smallest absolute Gasteiger partial charge is 0.324 e. The molecule has 14 heavy (non-hydrogen) atoms. The second kappa shape index (κ2) is 8.46. The average Bonchev–Trinajstić information content (AvgIpc) is 2.11. The minimum Gasteiger partial charge on any atom is -0.324 e. The molecule has 0 aliphatic rings. The van der Waals surface area contributed by atoms with Crippen LogP contribution in [0.25, 0.3) is 0 Å². The van der Waals surface area contributed by atoms with Gasteiger partial charge in [-0.05, 0) is 13.3 Å².